The van der Waals surface area contributed by atoms with Crippen molar-refractivity contribution < 1.29 is 4.79 Å². The number of aromatic nitrogens is 3. The lowest BCUT2D eigenvalue weighted by Gasteiger charge is -2.23. The average Bonchev–Trinajstić information content (AvgIpc) is 3.45. The van der Waals surface area contributed by atoms with Crippen LogP contribution in [0, 0.1) is 0 Å². The fourth-order valence-electron chi connectivity index (χ4n) is 4.38. The summed E-state index contributed by atoms with van der Waals surface area (Å²) in [5.41, 5.74) is 1.91. The molecular formula is C21H20N4O2S. The molecule has 5 rings (SSSR count). The van der Waals surface area contributed by atoms with Gasteiger partial charge in [-0.1, -0.05) is 30.3 Å². The van der Waals surface area contributed by atoms with E-state index in [0.29, 0.717) is 31.7 Å². The lowest BCUT2D eigenvalue weighted by atomic mass is 9.85. The molecule has 28 heavy (non-hydrogen) atoms. The van der Waals surface area contributed by atoms with Crippen LogP contribution in [-0.4, -0.2) is 38.7 Å². The van der Waals surface area contributed by atoms with Crippen molar-refractivity contribution >= 4 is 17.2 Å². The molecule has 3 aromatic rings. The Balaban J connectivity index is 1.42. The van der Waals surface area contributed by atoms with Crippen LogP contribution in [0.5, 0.6) is 0 Å². The molecule has 0 bridgehead atoms. The number of nitrogens with zero attached hydrogens (tertiary/aromatic N) is 4. The first-order valence-electron chi connectivity index (χ1n) is 9.49. The highest BCUT2D eigenvalue weighted by molar-refractivity contribution is 7.08. The van der Waals surface area contributed by atoms with Crippen molar-refractivity contribution in [3.63, 3.8) is 0 Å². The van der Waals surface area contributed by atoms with E-state index in [1.54, 1.807) is 15.9 Å². The van der Waals surface area contributed by atoms with Crippen molar-refractivity contribution in [2.45, 2.75) is 31.2 Å². The molecule has 6 nitrogen and oxygen atoms in total. The number of rotatable bonds is 3. The van der Waals surface area contributed by atoms with Crippen LogP contribution in [-0.2, 0) is 23.2 Å². The van der Waals surface area contributed by atoms with Gasteiger partial charge in [-0.25, -0.2) is 0 Å². The molecule has 0 saturated carbocycles. The first kappa shape index (κ1) is 17.3. The van der Waals surface area contributed by atoms with Gasteiger partial charge in [0.15, 0.2) is 5.69 Å². The maximum Gasteiger partial charge on any atom is 0.280 e. The van der Waals surface area contributed by atoms with Crippen molar-refractivity contribution in [2.24, 2.45) is 0 Å². The first-order valence-corrected chi connectivity index (χ1v) is 10.4. The third kappa shape index (κ3) is 2.77. The Morgan fingerprint density at radius 1 is 1.11 bits per heavy atom. The summed E-state index contributed by atoms with van der Waals surface area (Å²) < 4.78 is 1.77. The smallest absolute Gasteiger partial charge is 0.280 e. The maximum atomic E-state index is 13.0. The third-order valence-corrected chi connectivity index (χ3v) is 6.66. The summed E-state index contributed by atoms with van der Waals surface area (Å²) in [4.78, 5) is 27.6. The van der Waals surface area contributed by atoms with E-state index in [-0.39, 0.29) is 16.9 Å². The van der Waals surface area contributed by atoms with Gasteiger partial charge in [0, 0.05) is 25.2 Å². The Morgan fingerprint density at radius 3 is 2.71 bits per heavy atom. The Bertz CT molecular complexity index is 1080. The largest absolute Gasteiger partial charge is 0.341 e. The van der Waals surface area contributed by atoms with Crippen LogP contribution in [0.15, 0.2) is 52.0 Å². The molecule has 0 aliphatic carbocycles. The molecule has 0 unspecified atom stereocenters. The molecule has 0 N–H and O–H groups in total. The Labute approximate surface area is 166 Å². The molecule has 2 aliphatic heterocycles. The van der Waals surface area contributed by atoms with E-state index in [1.807, 2.05) is 52.1 Å². The van der Waals surface area contributed by atoms with Crippen molar-refractivity contribution in [2.75, 3.05) is 13.1 Å². The Kier molecular flexibility index (Phi) is 4.12. The number of hydrogen-bond acceptors (Lipinski definition) is 5. The van der Waals surface area contributed by atoms with Gasteiger partial charge in [-0.2, -0.15) is 11.3 Å². The third-order valence-electron chi connectivity index (χ3n) is 5.93. The van der Waals surface area contributed by atoms with Crippen LogP contribution < -0.4 is 5.56 Å². The van der Waals surface area contributed by atoms with Gasteiger partial charge in [0.05, 0.1) is 11.8 Å². The number of benzene rings is 1. The molecule has 1 aromatic carbocycles. The number of fused-ring (bicyclic) bond motifs is 2. The summed E-state index contributed by atoms with van der Waals surface area (Å²) in [5, 5.41) is 12.8. The van der Waals surface area contributed by atoms with Crippen molar-refractivity contribution in [3.05, 3.63) is 68.9 Å². The first-order chi connectivity index (χ1) is 13.7. The highest BCUT2D eigenvalue weighted by atomic mass is 32.1. The molecule has 2 aromatic heterocycles. The highest BCUT2D eigenvalue weighted by Crippen LogP contribution is 2.40. The van der Waals surface area contributed by atoms with E-state index in [9.17, 15) is 9.59 Å². The monoisotopic (exact) mass is 392 g/mol. The van der Waals surface area contributed by atoms with Gasteiger partial charge in [-0.05, 0) is 35.2 Å². The van der Waals surface area contributed by atoms with Crippen molar-refractivity contribution in [1.82, 2.24) is 19.7 Å². The summed E-state index contributed by atoms with van der Waals surface area (Å²) in [6, 6.07) is 11.5. The minimum Gasteiger partial charge on any atom is -0.341 e. The second-order valence-electron chi connectivity index (χ2n) is 7.60. The van der Waals surface area contributed by atoms with E-state index >= 15 is 0 Å². The lowest BCUT2D eigenvalue weighted by Crippen LogP contribution is -2.36. The van der Waals surface area contributed by atoms with Crippen LogP contribution >= 0.6 is 11.3 Å². The minimum absolute atomic E-state index is 0.0869. The van der Waals surface area contributed by atoms with Gasteiger partial charge in [-0.3, -0.25) is 14.2 Å². The zero-order valence-corrected chi connectivity index (χ0v) is 16.2. The number of likely N-dealkylation sites (tertiary alicyclic amines) is 1. The van der Waals surface area contributed by atoms with Crippen molar-refractivity contribution in [3.8, 4) is 11.3 Å². The number of hydrogen-bond donors (Lipinski definition) is 0. The van der Waals surface area contributed by atoms with Crippen LogP contribution in [0.25, 0.3) is 11.3 Å². The minimum atomic E-state index is -0.244. The Morgan fingerprint density at radius 2 is 1.93 bits per heavy atom. The second kappa shape index (κ2) is 6.67. The summed E-state index contributed by atoms with van der Waals surface area (Å²) in [6.07, 6.45) is 2.10. The molecule has 1 atom stereocenters. The van der Waals surface area contributed by atoms with Gasteiger partial charge < -0.3 is 4.90 Å². The molecule has 2 aliphatic rings. The van der Waals surface area contributed by atoms with E-state index in [2.05, 4.69) is 10.2 Å². The molecule has 1 amide bonds. The molecule has 1 saturated heterocycles. The van der Waals surface area contributed by atoms with Crippen LogP contribution in [0.1, 0.15) is 24.2 Å². The van der Waals surface area contributed by atoms with Crippen LogP contribution in [0.3, 0.4) is 0 Å². The van der Waals surface area contributed by atoms with Crippen LogP contribution in [0.4, 0.5) is 0 Å². The normalized spacial score (nSPS) is 20.6. The standard InChI is InChI=1S/C21H20N4O2S/c26-17(12-15-6-11-28-13-15)24-9-7-21(14-24)8-10-25-19(27)18(22-23-20(21)25)16-4-2-1-3-5-16/h1-6,11,13H,7-10,12,14H2/t21-/m0/s1. The zero-order chi connectivity index (χ0) is 19.1. The molecule has 1 spiro atoms. The predicted octanol–water partition coefficient (Wildman–Crippen LogP) is 2.48. The molecule has 7 heteroatoms. The lowest BCUT2D eigenvalue weighted by molar-refractivity contribution is -0.129. The number of thiophene rings is 1. The van der Waals surface area contributed by atoms with E-state index < -0.39 is 0 Å². The molecule has 4 heterocycles. The fourth-order valence-corrected chi connectivity index (χ4v) is 5.05. The van der Waals surface area contributed by atoms with Gasteiger partial charge in [0.2, 0.25) is 5.91 Å². The zero-order valence-electron chi connectivity index (χ0n) is 15.4. The molecular weight excluding hydrogens is 372 g/mol. The van der Waals surface area contributed by atoms with Gasteiger partial charge in [0.1, 0.15) is 5.82 Å². The van der Waals surface area contributed by atoms with Gasteiger partial charge >= 0.3 is 0 Å². The van der Waals surface area contributed by atoms with Gasteiger partial charge in [0.25, 0.3) is 5.56 Å². The maximum absolute atomic E-state index is 13.0. The van der Waals surface area contributed by atoms with E-state index in [4.69, 9.17) is 0 Å². The molecule has 0 radical (unpaired) electrons. The SMILES string of the molecule is O=C(Cc1ccsc1)N1CC[C@]2(CCn3c2nnc(-c2ccccc2)c3=O)C1. The van der Waals surface area contributed by atoms with E-state index in [0.717, 1.165) is 29.8 Å². The van der Waals surface area contributed by atoms with E-state index in [1.165, 1.54) is 0 Å². The summed E-state index contributed by atoms with van der Waals surface area (Å²) >= 11 is 1.61. The average molecular weight is 392 g/mol. The predicted molar refractivity (Wildman–Crippen MR) is 107 cm³/mol. The van der Waals surface area contributed by atoms with Crippen molar-refractivity contribution in [1.29, 1.82) is 0 Å². The quantitative estimate of drug-likeness (QED) is 0.687. The topological polar surface area (TPSA) is 68.1 Å². The summed E-state index contributed by atoms with van der Waals surface area (Å²) in [7, 11) is 0. The Hall–Kier alpha value is -2.80. The number of carbonyl (C=O) groups is 1. The highest BCUT2D eigenvalue weighted by Gasteiger charge is 2.48. The molecule has 1 fully saturated rings. The molecule has 142 valence electrons. The number of carbonyl (C=O) groups excluding carboxylic acids is 1. The second-order valence-corrected chi connectivity index (χ2v) is 8.38. The summed E-state index contributed by atoms with van der Waals surface area (Å²) in [5.74, 6) is 0.882. The number of amides is 1. The fraction of sp³-hybridized carbons (Fsp3) is 0.333. The van der Waals surface area contributed by atoms with Gasteiger partial charge in [-0.15, -0.1) is 10.2 Å². The van der Waals surface area contributed by atoms with Crippen LogP contribution in [0.2, 0.25) is 0 Å². The summed E-state index contributed by atoms with van der Waals surface area (Å²) in [6.45, 7) is 1.96.